The Morgan fingerprint density at radius 2 is 1.84 bits per heavy atom. The monoisotopic (exact) mass is 424 g/mol. The normalized spacial score (nSPS) is 12.0. The minimum absolute atomic E-state index is 0.756. The van der Waals surface area contributed by atoms with Crippen molar-refractivity contribution in [3.8, 4) is 22.5 Å². The topological polar surface area (TPSA) is 68.9 Å². The molecule has 0 aliphatic heterocycles. The van der Waals surface area contributed by atoms with Gasteiger partial charge in [0.2, 0.25) is 0 Å². The molecule has 0 atom stereocenters. The molecule has 2 aromatic carbocycles. The van der Waals surface area contributed by atoms with Crippen LogP contribution in [-0.2, 0) is 13.0 Å². The van der Waals surface area contributed by atoms with Gasteiger partial charge in [0.1, 0.15) is 5.82 Å². The van der Waals surface area contributed by atoms with Crippen LogP contribution in [0.25, 0.3) is 22.5 Å². The summed E-state index contributed by atoms with van der Waals surface area (Å²) >= 11 is 0. The Bertz CT molecular complexity index is 1210. The van der Waals surface area contributed by atoms with Crippen LogP contribution in [0.2, 0.25) is 0 Å². The Kier molecular flexibility index (Phi) is 5.60. The van der Waals surface area contributed by atoms with Crippen molar-refractivity contribution >= 4 is 11.5 Å². The van der Waals surface area contributed by atoms with Crippen molar-refractivity contribution in [1.29, 1.82) is 0 Å². The molecule has 2 heterocycles. The maximum atomic E-state index is 4.62. The van der Waals surface area contributed by atoms with E-state index in [2.05, 4.69) is 99.4 Å². The first-order valence-electron chi connectivity index (χ1n) is 11.0. The minimum Gasteiger partial charge on any atom is -0.381 e. The highest BCUT2D eigenvalue weighted by atomic mass is 15.1. The zero-order valence-corrected chi connectivity index (χ0v) is 18.5. The molecular weight excluding hydrogens is 396 g/mol. The summed E-state index contributed by atoms with van der Waals surface area (Å²) < 4.78 is 0. The Morgan fingerprint density at radius 1 is 1.00 bits per heavy atom. The number of benzene rings is 2. The van der Waals surface area contributed by atoms with Crippen molar-refractivity contribution in [2.24, 2.45) is 0 Å². The van der Waals surface area contributed by atoms with E-state index < -0.39 is 0 Å². The van der Waals surface area contributed by atoms with Crippen molar-refractivity contribution < 1.29 is 0 Å². The number of aromatic nitrogens is 3. The number of pyridine rings is 1. The molecule has 0 saturated carbocycles. The summed E-state index contributed by atoms with van der Waals surface area (Å²) in [6.07, 6.45) is 2.77. The molecule has 0 unspecified atom stereocenters. The second-order valence-corrected chi connectivity index (χ2v) is 8.47. The lowest BCUT2D eigenvalue weighted by Crippen LogP contribution is -2.21. The van der Waals surface area contributed by atoms with Crippen LogP contribution < -0.4 is 10.6 Å². The van der Waals surface area contributed by atoms with Gasteiger partial charge in [-0.3, -0.25) is 5.10 Å². The Hall–Kier alpha value is -3.64. The predicted octanol–water partition coefficient (Wildman–Crippen LogP) is 4.63. The van der Waals surface area contributed by atoms with Gasteiger partial charge in [-0.2, -0.15) is 5.10 Å². The summed E-state index contributed by atoms with van der Waals surface area (Å²) in [4.78, 5) is 6.54. The predicted molar refractivity (Wildman–Crippen MR) is 131 cm³/mol. The van der Waals surface area contributed by atoms with E-state index >= 15 is 0 Å². The van der Waals surface area contributed by atoms with E-state index in [0.717, 1.165) is 54.5 Å². The zero-order valence-electron chi connectivity index (χ0n) is 18.5. The molecule has 1 aliphatic carbocycles. The second-order valence-electron chi connectivity index (χ2n) is 8.47. The molecule has 0 spiro atoms. The number of hydrogen-bond donors (Lipinski definition) is 3. The lowest BCUT2D eigenvalue weighted by molar-refractivity contribution is 0.425. The lowest BCUT2D eigenvalue weighted by Gasteiger charge is -2.12. The van der Waals surface area contributed by atoms with E-state index in [9.17, 15) is 0 Å². The van der Waals surface area contributed by atoms with E-state index in [0.29, 0.717) is 0 Å². The van der Waals surface area contributed by atoms with Crippen LogP contribution in [0, 0.1) is 0 Å². The maximum Gasteiger partial charge on any atom is 0.127 e. The first-order valence-corrected chi connectivity index (χ1v) is 11.0. The fourth-order valence-electron chi connectivity index (χ4n) is 4.14. The van der Waals surface area contributed by atoms with E-state index in [1.165, 1.54) is 22.3 Å². The van der Waals surface area contributed by atoms with Crippen LogP contribution in [0.15, 0.2) is 66.9 Å². The molecule has 0 bridgehead atoms. The molecule has 4 aromatic rings. The molecule has 2 aromatic heterocycles. The number of nitrogens with zero attached hydrogens (tertiary/aromatic N) is 3. The van der Waals surface area contributed by atoms with Crippen LogP contribution in [0.5, 0.6) is 0 Å². The fourth-order valence-corrected chi connectivity index (χ4v) is 4.14. The van der Waals surface area contributed by atoms with Gasteiger partial charge in [0.15, 0.2) is 0 Å². The molecule has 6 heteroatoms. The Balaban J connectivity index is 1.23. The Morgan fingerprint density at radius 3 is 2.69 bits per heavy atom. The highest BCUT2D eigenvalue weighted by Crippen LogP contribution is 2.39. The third-order valence-corrected chi connectivity index (χ3v) is 5.87. The number of hydrogen-bond acceptors (Lipinski definition) is 5. The lowest BCUT2D eigenvalue weighted by atomic mass is 10.0. The standard InChI is InChI=1S/C26H28N6/c1-32(2)14-13-28-24-16-21(11-12-27-24)29-17-18-7-9-19(10-8-18)25-23-15-20-5-3-4-6-22(20)26(23)31-30-25/h3-12,16H,13-15,17H2,1-2H3,(H,30,31)(H2,27,28,29). The highest BCUT2D eigenvalue weighted by molar-refractivity contribution is 5.81. The third kappa shape index (κ3) is 4.22. The van der Waals surface area contributed by atoms with Gasteiger partial charge in [-0.25, -0.2) is 4.98 Å². The molecular formula is C26H28N6. The van der Waals surface area contributed by atoms with Crippen LogP contribution in [0.3, 0.4) is 0 Å². The van der Waals surface area contributed by atoms with Gasteiger partial charge >= 0.3 is 0 Å². The van der Waals surface area contributed by atoms with Crippen molar-refractivity contribution in [3.63, 3.8) is 0 Å². The van der Waals surface area contributed by atoms with Crippen molar-refractivity contribution in [2.75, 3.05) is 37.8 Å². The molecule has 6 nitrogen and oxygen atoms in total. The van der Waals surface area contributed by atoms with E-state index in [1.54, 1.807) is 0 Å². The van der Waals surface area contributed by atoms with Crippen molar-refractivity contribution in [1.82, 2.24) is 20.1 Å². The van der Waals surface area contributed by atoms with Gasteiger partial charge in [0, 0.05) is 60.7 Å². The first kappa shape index (κ1) is 20.3. The molecule has 32 heavy (non-hydrogen) atoms. The molecule has 0 amide bonds. The minimum atomic E-state index is 0.756. The van der Waals surface area contributed by atoms with E-state index in [-0.39, 0.29) is 0 Å². The Labute approximate surface area is 188 Å². The fraction of sp³-hybridized carbons (Fsp3) is 0.231. The van der Waals surface area contributed by atoms with Crippen molar-refractivity contribution in [2.45, 2.75) is 13.0 Å². The average Bonchev–Trinajstić information content (AvgIpc) is 3.38. The number of nitrogens with one attached hydrogen (secondary N) is 3. The van der Waals surface area contributed by atoms with E-state index in [4.69, 9.17) is 0 Å². The van der Waals surface area contributed by atoms with Gasteiger partial charge in [0.05, 0.1) is 11.4 Å². The van der Waals surface area contributed by atoms with Gasteiger partial charge in [0.25, 0.3) is 0 Å². The van der Waals surface area contributed by atoms with Gasteiger partial charge in [-0.05, 0) is 31.3 Å². The number of fused-ring (bicyclic) bond motifs is 3. The van der Waals surface area contributed by atoms with E-state index in [1.807, 2.05) is 12.3 Å². The summed E-state index contributed by atoms with van der Waals surface area (Å²) in [5.41, 5.74) is 9.58. The largest absolute Gasteiger partial charge is 0.381 e. The third-order valence-electron chi connectivity index (χ3n) is 5.87. The van der Waals surface area contributed by atoms with Crippen molar-refractivity contribution in [3.05, 3.63) is 83.6 Å². The van der Waals surface area contributed by atoms with Crippen LogP contribution in [0.1, 0.15) is 16.7 Å². The average molecular weight is 425 g/mol. The molecule has 5 rings (SSSR count). The van der Waals surface area contributed by atoms with Gasteiger partial charge in [-0.15, -0.1) is 0 Å². The van der Waals surface area contributed by atoms with Crippen LogP contribution in [-0.4, -0.2) is 47.3 Å². The van der Waals surface area contributed by atoms with Crippen LogP contribution in [0.4, 0.5) is 11.5 Å². The molecule has 0 fully saturated rings. The summed E-state index contributed by atoms with van der Waals surface area (Å²) in [7, 11) is 4.13. The second kappa shape index (κ2) is 8.85. The summed E-state index contributed by atoms with van der Waals surface area (Å²) in [6, 6.07) is 21.3. The summed E-state index contributed by atoms with van der Waals surface area (Å²) in [5, 5.41) is 14.7. The molecule has 3 N–H and O–H groups in total. The number of anilines is 2. The summed E-state index contributed by atoms with van der Waals surface area (Å²) in [6.45, 7) is 2.59. The SMILES string of the molecule is CN(C)CCNc1cc(NCc2ccc(-c3n[nH]c4c3Cc3ccccc3-4)cc2)ccn1. The maximum absolute atomic E-state index is 4.62. The van der Waals surface area contributed by atoms with Gasteiger partial charge < -0.3 is 15.5 Å². The van der Waals surface area contributed by atoms with Crippen LogP contribution >= 0.6 is 0 Å². The summed E-state index contributed by atoms with van der Waals surface area (Å²) in [5.74, 6) is 0.889. The highest BCUT2D eigenvalue weighted by Gasteiger charge is 2.24. The zero-order chi connectivity index (χ0) is 21.9. The number of rotatable bonds is 8. The number of H-pyrrole nitrogens is 1. The van der Waals surface area contributed by atoms with Gasteiger partial charge in [-0.1, -0.05) is 48.5 Å². The smallest absolute Gasteiger partial charge is 0.127 e. The molecule has 1 aliphatic rings. The molecule has 0 saturated heterocycles. The first-order chi connectivity index (χ1) is 15.7. The quantitative estimate of drug-likeness (QED) is 0.339. The number of aromatic amines is 1. The number of likely N-dealkylation sites (N-methyl/N-ethyl adjacent to an activating group) is 1. The molecule has 0 radical (unpaired) electrons. The molecule has 162 valence electrons.